The second-order valence-electron chi connectivity index (χ2n) is 8.89. The van der Waals surface area contributed by atoms with Crippen LogP contribution in [0.5, 0.6) is 0 Å². The third-order valence-electron chi connectivity index (χ3n) is 6.06. The summed E-state index contributed by atoms with van der Waals surface area (Å²) in [4.78, 5) is 28.0. The molecule has 39 heavy (non-hydrogen) atoms. The van der Waals surface area contributed by atoms with Crippen LogP contribution in [0.15, 0.2) is 77.7 Å². The van der Waals surface area contributed by atoms with Gasteiger partial charge >= 0.3 is 0 Å². The first-order chi connectivity index (χ1) is 18.5. The van der Waals surface area contributed by atoms with Gasteiger partial charge in [-0.1, -0.05) is 66.9 Å². The highest BCUT2D eigenvalue weighted by Crippen LogP contribution is 2.28. The Morgan fingerprint density at radius 2 is 1.67 bits per heavy atom. The molecule has 0 saturated carbocycles. The van der Waals surface area contributed by atoms with E-state index in [4.69, 9.17) is 23.2 Å². The van der Waals surface area contributed by atoms with Crippen molar-refractivity contribution >= 4 is 50.7 Å². The van der Waals surface area contributed by atoms with E-state index in [1.165, 1.54) is 23.1 Å². The van der Waals surface area contributed by atoms with Crippen molar-refractivity contribution in [1.82, 2.24) is 10.2 Å². The van der Waals surface area contributed by atoms with Gasteiger partial charge in [0, 0.05) is 18.1 Å². The molecule has 0 saturated heterocycles. The molecular formula is C28H30Cl2FN3O4S. The first-order valence-corrected chi connectivity index (χ1v) is 14.6. The summed E-state index contributed by atoms with van der Waals surface area (Å²) >= 11 is 12.0. The molecule has 0 unspecified atom stereocenters. The quantitative estimate of drug-likeness (QED) is 0.274. The van der Waals surface area contributed by atoms with Crippen LogP contribution in [0.2, 0.25) is 10.0 Å². The van der Waals surface area contributed by atoms with Gasteiger partial charge in [-0.05, 0) is 61.4 Å². The topological polar surface area (TPSA) is 86.8 Å². The van der Waals surface area contributed by atoms with E-state index in [0.717, 1.165) is 29.3 Å². The van der Waals surface area contributed by atoms with Crippen LogP contribution in [-0.2, 0) is 26.2 Å². The molecule has 0 aliphatic rings. The summed E-state index contributed by atoms with van der Waals surface area (Å²) in [5, 5.41) is 3.04. The van der Waals surface area contributed by atoms with Gasteiger partial charge in [0.25, 0.3) is 10.0 Å². The van der Waals surface area contributed by atoms with Gasteiger partial charge in [0.15, 0.2) is 0 Å². The van der Waals surface area contributed by atoms with Crippen molar-refractivity contribution < 1.29 is 22.4 Å². The molecule has 0 aromatic heterocycles. The third-order valence-corrected chi connectivity index (χ3v) is 8.39. The highest BCUT2D eigenvalue weighted by atomic mass is 35.5. The zero-order chi connectivity index (χ0) is 28.6. The molecule has 0 heterocycles. The van der Waals surface area contributed by atoms with Gasteiger partial charge in [0.05, 0.1) is 15.6 Å². The fraction of sp³-hybridized carbons (Fsp3) is 0.286. The van der Waals surface area contributed by atoms with E-state index in [9.17, 15) is 22.4 Å². The summed E-state index contributed by atoms with van der Waals surface area (Å²) in [6.45, 7) is 3.40. The summed E-state index contributed by atoms with van der Waals surface area (Å²) in [6, 6.07) is 16.8. The summed E-state index contributed by atoms with van der Waals surface area (Å²) < 4.78 is 42.2. The Balaban J connectivity index is 2.00. The number of halogens is 3. The number of hydrogen-bond donors (Lipinski definition) is 1. The highest BCUT2D eigenvalue weighted by Gasteiger charge is 2.32. The lowest BCUT2D eigenvalue weighted by Crippen LogP contribution is -2.51. The SMILES string of the molecule is CCCCNC(=O)[C@@H](C)N(Cc1ccc(Cl)cc1)C(=O)CN(c1ccc(F)c(Cl)c1)S(=O)(=O)c1ccccc1. The molecule has 3 aromatic rings. The standard InChI is InChI=1S/C28H30Cl2FN3O4S/c1-3-4-16-32-28(36)20(2)33(18-21-10-12-22(29)13-11-21)27(35)19-34(23-14-15-26(31)25(30)17-23)39(37,38)24-8-6-5-7-9-24/h5-15,17,20H,3-4,16,18-19H2,1-2H3,(H,32,36)/t20-/m1/s1. The number of amides is 2. The zero-order valence-corrected chi connectivity index (χ0v) is 23.9. The Bertz CT molecular complexity index is 1390. The van der Waals surface area contributed by atoms with Crippen LogP contribution < -0.4 is 9.62 Å². The number of unbranched alkanes of at least 4 members (excludes halogenated alkanes) is 1. The van der Waals surface area contributed by atoms with Crippen molar-refractivity contribution in [3.05, 3.63) is 94.2 Å². The number of nitrogens with zero attached hydrogens (tertiary/aromatic N) is 2. The van der Waals surface area contributed by atoms with Gasteiger partial charge in [-0.3, -0.25) is 13.9 Å². The molecule has 0 spiro atoms. The number of carbonyl (C=O) groups excluding carboxylic acids is 2. The number of sulfonamides is 1. The van der Waals surface area contributed by atoms with Crippen molar-refractivity contribution in [2.24, 2.45) is 0 Å². The molecule has 2 amide bonds. The number of hydrogen-bond acceptors (Lipinski definition) is 4. The van der Waals surface area contributed by atoms with E-state index < -0.39 is 34.3 Å². The van der Waals surface area contributed by atoms with E-state index in [1.54, 1.807) is 49.4 Å². The number of anilines is 1. The average molecular weight is 595 g/mol. The smallest absolute Gasteiger partial charge is 0.264 e. The molecule has 3 aromatic carbocycles. The number of carbonyl (C=O) groups is 2. The Labute approximate surface area is 238 Å². The largest absolute Gasteiger partial charge is 0.354 e. The Morgan fingerprint density at radius 3 is 2.28 bits per heavy atom. The van der Waals surface area contributed by atoms with Gasteiger partial charge in [0.2, 0.25) is 11.8 Å². The van der Waals surface area contributed by atoms with Crippen LogP contribution in [0, 0.1) is 5.82 Å². The number of nitrogens with one attached hydrogen (secondary N) is 1. The Kier molecular flexibility index (Phi) is 10.7. The molecule has 0 aliphatic heterocycles. The minimum atomic E-state index is -4.27. The molecule has 1 N–H and O–H groups in total. The first kappa shape index (κ1) is 30.4. The van der Waals surface area contributed by atoms with Gasteiger partial charge in [-0.15, -0.1) is 0 Å². The second-order valence-corrected chi connectivity index (χ2v) is 11.6. The molecule has 3 rings (SSSR count). The van der Waals surface area contributed by atoms with Crippen molar-refractivity contribution in [3.63, 3.8) is 0 Å². The number of benzene rings is 3. The van der Waals surface area contributed by atoms with Gasteiger partial charge < -0.3 is 10.2 Å². The van der Waals surface area contributed by atoms with Crippen LogP contribution in [0.3, 0.4) is 0 Å². The number of rotatable bonds is 12. The Hall–Kier alpha value is -3.14. The van der Waals surface area contributed by atoms with Gasteiger partial charge in [-0.2, -0.15) is 0 Å². The highest BCUT2D eigenvalue weighted by molar-refractivity contribution is 7.92. The van der Waals surface area contributed by atoms with E-state index >= 15 is 0 Å². The molecule has 0 fully saturated rings. The minimum Gasteiger partial charge on any atom is -0.354 e. The summed E-state index contributed by atoms with van der Waals surface area (Å²) in [5.74, 6) is -1.73. The fourth-order valence-corrected chi connectivity index (χ4v) is 5.52. The summed E-state index contributed by atoms with van der Waals surface area (Å²) in [6.07, 6.45) is 1.66. The van der Waals surface area contributed by atoms with E-state index in [-0.39, 0.29) is 28.1 Å². The molecule has 0 bridgehead atoms. The maximum atomic E-state index is 13.9. The van der Waals surface area contributed by atoms with Crippen LogP contribution in [0.1, 0.15) is 32.3 Å². The van der Waals surface area contributed by atoms with Crippen molar-refractivity contribution in [1.29, 1.82) is 0 Å². The lowest BCUT2D eigenvalue weighted by molar-refractivity contribution is -0.139. The van der Waals surface area contributed by atoms with Crippen molar-refractivity contribution in [2.45, 2.75) is 44.2 Å². The van der Waals surface area contributed by atoms with Gasteiger partial charge in [0.1, 0.15) is 18.4 Å². The average Bonchev–Trinajstić information content (AvgIpc) is 2.93. The zero-order valence-electron chi connectivity index (χ0n) is 21.6. The molecule has 0 radical (unpaired) electrons. The van der Waals surface area contributed by atoms with Crippen LogP contribution in [0.4, 0.5) is 10.1 Å². The van der Waals surface area contributed by atoms with E-state index in [1.807, 2.05) is 6.92 Å². The minimum absolute atomic E-state index is 0.00472. The van der Waals surface area contributed by atoms with Crippen LogP contribution in [0.25, 0.3) is 0 Å². The molecule has 1 atom stereocenters. The lowest BCUT2D eigenvalue weighted by atomic mass is 10.1. The second kappa shape index (κ2) is 13.8. The predicted molar refractivity (Wildman–Crippen MR) is 152 cm³/mol. The molecule has 0 aliphatic carbocycles. The first-order valence-electron chi connectivity index (χ1n) is 12.4. The maximum Gasteiger partial charge on any atom is 0.264 e. The molecule has 7 nitrogen and oxygen atoms in total. The normalized spacial score (nSPS) is 12.0. The monoisotopic (exact) mass is 593 g/mol. The molecular weight excluding hydrogens is 564 g/mol. The van der Waals surface area contributed by atoms with E-state index in [0.29, 0.717) is 17.1 Å². The van der Waals surface area contributed by atoms with Crippen molar-refractivity contribution in [2.75, 3.05) is 17.4 Å². The van der Waals surface area contributed by atoms with E-state index in [2.05, 4.69) is 5.32 Å². The van der Waals surface area contributed by atoms with Crippen LogP contribution in [-0.4, -0.2) is 44.3 Å². The predicted octanol–water partition coefficient (Wildman–Crippen LogP) is 5.66. The molecule has 208 valence electrons. The lowest BCUT2D eigenvalue weighted by Gasteiger charge is -2.32. The Morgan fingerprint density at radius 1 is 1.00 bits per heavy atom. The van der Waals surface area contributed by atoms with Gasteiger partial charge in [-0.25, -0.2) is 12.8 Å². The third kappa shape index (κ3) is 7.94. The fourth-order valence-electron chi connectivity index (χ4n) is 3.79. The summed E-state index contributed by atoms with van der Waals surface area (Å²) in [5.41, 5.74) is 0.702. The molecule has 11 heteroatoms. The maximum absolute atomic E-state index is 13.9. The summed E-state index contributed by atoms with van der Waals surface area (Å²) in [7, 11) is -4.27. The van der Waals surface area contributed by atoms with Crippen LogP contribution >= 0.6 is 23.2 Å². The van der Waals surface area contributed by atoms with Crippen molar-refractivity contribution in [3.8, 4) is 0 Å².